The number of carbonyl (C=O) groups excluding carboxylic acids is 1. The van der Waals surface area contributed by atoms with Crippen molar-refractivity contribution in [2.24, 2.45) is 0 Å². The second-order valence-corrected chi connectivity index (χ2v) is 9.14. The molecule has 1 N–H and O–H groups in total. The molecule has 35 heavy (non-hydrogen) atoms. The van der Waals surface area contributed by atoms with E-state index in [1.807, 2.05) is 65.7 Å². The zero-order valence-electron chi connectivity index (χ0n) is 19.6. The zero-order valence-corrected chi connectivity index (χ0v) is 19.6. The fourth-order valence-electron chi connectivity index (χ4n) is 5.19. The van der Waals surface area contributed by atoms with Crippen LogP contribution in [0.1, 0.15) is 30.3 Å². The third kappa shape index (κ3) is 4.28. The highest BCUT2D eigenvalue weighted by molar-refractivity contribution is 5.89. The number of nitrogens with zero attached hydrogens (tertiary/aromatic N) is 3. The predicted octanol–water partition coefficient (Wildman–Crippen LogP) is 5.50. The molecule has 5 aromatic rings. The average molecular weight is 465 g/mol. The van der Waals surface area contributed by atoms with Crippen LogP contribution in [0.3, 0.4) is 0 Å². The van der Waals surface area contributed by atoms with E-state index in [1.54, 1.807) is 0 Å². The van der Waals surface area contributed by atoms with Gasteiger partial charge in [0.25, 0.3) is 0 Å². The highest BCUT2D eigenvalue weighted by Gasteiger charge is 2.27. The summed E-state index contributed by atoms with van der Waals surface area (Å²) in [6, 6.07) is 26.5. The van der Waals surface area contributed by atoms with Crippen LogP contribution in [-0.2, 0) is 17.8 Å². The van der Waals surface area contributed by atoms with Gasteiger partial charge in [0, 0.05) is 36.2 Å². The first-order valence-corrected chi connectivity index (χ1v) is 12.2. The summed E-state index contributed by atoms with van der Waals surface area (Å²) in [5, 5.41) is 1.13. The molecule has 0 saturated carbocycles. The number of carbonyl (C=O) groups is 1. The first-order valence-electron chi connectivity index (χ1n) is 12.2. The summed E-state index contributed by atoms with van der Waals surface area (Å²) in [6.45, 7) is 1.91. The smallest absolute Gasteiger partial charge is 0.227 e. The highest BCUT2D eigenvalue weighted by Crippen LogP contribution is 2.30. The second kappa shape index (κ2) is 9.29. The highest BCUT2D eigenvalue weighted by atomic mass is 16.5. The Kier molecular flexibility index (Phi) is 5.70. The monoisotopic (exact) mass is 464 g/mol. The number of para-hydroxylation sites is 4. The number of rotatable bonds is 6. The van der Waals surface area contributed by atoms with Crippen molar-refractivity contribution in [3.63, 3.8) is 0 Å². The third-order valence-corrected chi connectivity index (χ3v) is 6.98. The maximum absolute atomic E-state index is 13.1. The number of nitrogens with one attached hydrogen (secondary N) is 1. The summed E-state index contributed by atoms with van der Waals surface area (Å²) in [4.78, 5) is 23.3. The van der Waals surface area contributed by atoms with E-state index in [0.29, 0.717) is 13.0 Å². The van der Waals surface area contributed by atoms with Crippen LogP contribution in [0.4, 0.5) is 0 Å². The normalized spacial score (nSPS) is 14.6. The number of aromatic nitrogens is 3. The first kappa shape index (κ1) is 21.5. The quantitative estimate of drug-likeness (QED) is 0.361. The fourth-order valence-corrected chi connectivity index (χ4v) is 5.19. The number of fused-ring (bicyclic) bond motifs is 2. The van der Waals surface area contributed by atoms with Gasteiger partial charge in [-0.2, -0.15) is 0 Å². The Hall–Kier alpha value is -4.06. The van der Waals surface area contributed by atoms with Crippen molar-refractivity contribution in [2.75, 3.05) is 13.1 Å². The Morgan fingerprint density at radius 3 is 2.54 bits per heavy atom. The Balaban J connectivity index is 1.17. The lowest BCUT2D eigenvalue weighted by Crippen LogP contribution is -2.40. The van der Waals surface area contributed by atoms with Crippen molar-refractivity contribution >= 4 is 27.8 Å². The number of benzene rings is 3. The Bertz CT molecular complexity index is 1460. The maximum Gasteiger partial charge on any atom is 0.227 e. The molecule has 176 valence electrons. The number of ether oxygens (including phenoxy) is 1. The molecule has 3 heterocycles. The molecule has 0 radical (unpaired) electrons. The van der Waals surface area contributed by atoms with Crippen molar-refractivity contribution in [3.05, 3.63) is 96.4 Å². The summed E-state index contributed by atoms with van der Waals surface area (Å²) in [5.41, 5.74) is 4.25. The maximum atomic E-state index is 13.1. The number of likely N-dealkylation sites (tertiary alicyclic amines) is 1. The Morgan fingerprint density at radius 1 is 0.943 bits per heavy atom. The van der Waals surface area contributed by atoms with Crippen molar-refractivity contribution in [2.45, 2.75) is 31.9 Å². The minimum atomic E-state index is 0.191. The van der Waals surface area contributed by atoms with Gasteiger partial charge in [-0.15, -0.1) is 0 Å². The topological polar surface area (TPSA) is 63.2 Å². The van der Waals surface area contributed by atoms with Crippen molar-refractivity contribution in [1.82, 2.24) is 19.4 Å². The van der Waals surface area contributed by atoms with Gasteiger partial charge in [0.15, 0.2) is 0 Å². The van der Waals surface area contributed by atoms with Crippen LogP contribution in [0.15, 0.2) is 85.1 Å². The summed E-state index contributed by atoms with van der Waals surface area (Å²) in [7, 11) is 0. The van der Waals surface area contributed by atoms with E-state index in [4.69, 9.17) is 9.72 Å². The summed E-state index contributed by atoms with van der Waals surface area (Å²) in [6.07, 6.45) is 4.20. The molecule has 1 saturated heterocycles. The fraction of sp³-hybridized carbons (Fsp3) is 0.241. The molecule has 3 aromatic carbocycles. The molecule has 6 nitrogen and oxygen atoms in total. The van der Waals surface area contributed by atoms with Gasteiger partial charge in [-0.1, -0.05) is 48.5 Å². The second-order valence-electron chi connectivity index (χ2n) is 9.14. The molecule has 0 spiro atoms. The summed E-state index contributed by atoms with van der Waals surface area (Å²) >= 11 is 0. The van der Waals surface area contributed by atoms with Crippen LogP contribution in [-0.4, -0.2) is 38.4 Å². The van der Waals surface area contributed by atoms with Gasteiger partial charge in [0.1, 0.15) is 18.2 Å². The van der Waals surface area contributed by atoms with Crippen LogP contribution in [0, 0.1) is 0 Å². The van der Waals surface area contributed by atoms with Gasteiger partial charge in [0.2, 0.25) is 5.91 Å². The molecule has 0 aliphatic carbocycles. The van der Waals surface area contributed by atoms with E-state index in [1.165, 1.54) is 0 Å². The van der Waals surface area contributed by atoms with Crippen molar-refractivity contribution in [3.8, 4) is 5.75 Å². The van der Waals surface area contributed by atoms with Gasteiger partial charge in [-0.05, 0) is 48.7 Å². The number of piperidine rings is 1. The standard InChI is InChI=1S/C29H28N4O2/c34-29(18-21-19-30-25-11-5-4-10-24(21)25)32-16-14-22(15-17-32)33-27-13-7-6-12-26(27)31-28(33)20-35-23-8-2-1-3-9-23/h1-13,19,22,30H,14-18,20H2. The lowest BCUT2D eigenvalue weighted by molar-refractivity contribution is -0.131. The van der Waals surface area contributed by atoms with Crippen LogP contribution >= 0.6 is 0 Å². The summed E-state index contributed by atoms with van der Waals surface area (Å²) < 4.78 is 8.39. The van der Waals surface area contributed by atoms with Crippen molar-refractivity contribution in [1.29, 1.82) is 0 Å². The average Bonchev–Trinajstić information content (AvgIpc) is 3.49. The largest absolute Gasteiger partial charge is 0.486 e. The molecular weight excluding hydrogens is 436 g/mol. The van der Waals surface area contributed by atoms with Crippen molar-refractivity contribution < 1.29 is 9.53 Å². The van der Waals surface area contributed by atoms with E-state index in [0.717, 1.165) is 65.0 Å². The Morgan fingerprint density at radius 2 is 1.69 bits per heavy atom. The predicted molar refractivity (Wildman–Crippen MR) is 137 cm³/mol. The number of amides is 1. The molecule has 0 bridgehead atoms. The Labute approximate surface area is 204 Å². The first-order chi connectivity index (χ1) is 17.3. The molecule has 6 heteroatoms. The number of H-pyrrole nitrogens is 1. The van der Waals surface area contributed by atoms with E-state index >= 15 is 0 Å². The third-order valence-electron chi connectivity index (χ3n) is 6.98. The van der Waals surface area contributed by atoms with E-state index < -0.39 is 0 Å². The van der Waals surface area contributed by atoms with Crippen LogP contribution in [0.25, 0.3) is 21.9 Å². The van der Waals surface area contributed by atoms with E-state index in [-0.39, 0.29) is 11.9 Å². The van der Waals surface area contributed by atoms with Crippen LogP contribution in [0.2, 0.25) is 0 Å². The molecule has 1 amide bonds. The number of imidazole rings is 1. The van der Waals surface area contributed by atoms with Gasteiger partial charge >= 0.3 is 0 Å². The number of hydrogen-bond donors (Lipinski definition) is 1. The van der Waals surface area contributed by atoms with Crippen LogP contribution < -0.4 is 4.74 Å². The van der Waals surface area contributed by atoms with Crippen LogP contribution in [0.5, 0.6) is 5.75 Å². The summed E-state index contributed by atoms with van der Waals surface area (Å²) in [5.74, 6) is 1.96. The lowest BCUT2D eigenvalue weighted by Gasteiger charge is -2.33. The number of hydrogen-bond acceptors (Lipinski definition) is 3. The minimum absolute atomic E-state index is 0.191. The molecule has 1 aliphatic heterocycles. The van der Waals surface area contributed by atoms with Gasteiger partial charge in [-0.25, -0.2) is 4.98 Å². The van der Waals surface area contributed by atoms with E-state index in [2.05, 4.69) is 33.8 Å². The molecule has 0 atom stereocenters. The minimum Gasteiger partial charge on any atom is -0.486 e. The molecule has 6 rings (SSSR count). The van der Waals surface area contributed by atoms with Gasteiger partial charge < -0.3 is 19.2 Å². The molecule has 1 aliphatic rings. The SMILES string of the molecule is O=C(Cc1c[nH]c2ccccc12)N1CCC(n2c(COc3ccccc3)nc3ccccc32)CC1. The van der Waals surface area contributed by atoms with E-state index in [9.17, 15) is 4.79 Å². The zero-order chi connectivity index (χ0) is 23.6. The molecule has 1 fully saturated rings. The van der Waals surface area contributed by atoms with Gasteiger partial charge in [-0.3, -0.25) is 4.79 Å². The molecular formula is C29H28N4O2. The van der Waals surface area contributed by atoms with Gasteiger partial charge in [0.05, 0.1) is 17.5 Å². The lowest BCUT2D eigenvalue weighted by atomic mass is 10.0. The molecule has 2 aromatic heterocycles. The molecule has 0 unspecified atom stereocenters. The number of aromatic amines is 1.